The molecule has 1 unspecified atom stereocenters. The molecule has 1 atom stereocenters. The van der Waals surface area contributed by atoms with E-state index >= 15 is 0 Å². The van der Waals surface area contributed by atoms with Gasteiger partial charge in [0.25, 0.3) is 0 Å². The first kappa shape index (κ1) is 21.2. The van der Waals surface area contributed by atoms with Gasteiger partial charge in [-0.2, -0.15) is 0 Å². The third kappa shape index (κ3) is 9.72. The van der Waals surface area contributed by atoms with E-state index in [1.165, 1.54) is 64.8 Å². The van der Waals surface area contributed by atoms with Crippen LogP contribution in [0.4, 0.5) is 0 Å². The van der Waals surface area contributed by atoms with Crippen molar-refractivity contribution in [2.45, 2.75) is 52.9 Å². The van der Waals surface area contributed by atoms with E-state index in [1.807, 2.05) is 0 Å². The molecule has 128 valence electrons. The average Bonchev–Trinajstić information content (AvgIpc) is 2.45. The van der Waals surface area contributed by atoms with Crippen molar-refractivity contribution in [1.82, 2.24) is 10.2 Å². The highest BCUT2D eigenvalue weighted by molar-refractivity contribution is 5.85. The minimum Gasteiger partial charge on any atom is -0.396 e. The van der Waals surface area contributed by atoms with E-state index in [1.54, 1.807) is 0 Å². The van der Waals surface area contributed by atoms with Gasteiger partial charge in [0.1, 0.15) is 0 Å². The molecule has 0 aromatic carbocycles. The number of piperidine rings is 1. The van der Waals surface area contributed by atoms with Gasteiger partial charge in [0.15, 0.2) is 0 Å². The maximum Gasteiger partial charge on any atom is 0.0459 e. The van der Waals surface area contributed by atoms with E-state index < -0.39 is 0 Å². The molecule has 1 saturated heterocycles. The topological polar surface area (TPSA) is 35.5 Å². The zero-order valence-corrected chi connectivity index (χ0v) is 15.1. The van der Waals surface area contributed by atoms with Gasteiger partial charge in [-0.05, 0) is 82.6 Å². The molecule has 0 radical (unpaired) electrons. The third-order valence-corrected chi connectivity index (χ3v) is 4.70. The first-order valence-corrected chi connectivity index (χ1v) is 8.67. The number of halogens is 1. The second kappa shape index (κ2) is 12.7. The van der Waals surface area contributed by atoms with Crippen molar-refractivity contribution >= 4 is 12.4 Å². The van der Waals surface area contributed by atoms with E-state index in [9.17, 15) is 5.11 Å². The zero-order valence-electron chi connectivity index (χ0n) is 14.3. The first-order valence-electron chi connectivity index (χ1n) is 8.67. The smallest absolute Gasteiger partial charge is 0.0459 e. The Labute approximate surface area is 138 Å². The molecule has 2 N–H and O–H groups in total. The van der Waals surface area contributed by atoms with Crippen LogP contribution >= 0.6 is 12.4 Å². The molecule has 0 aromatic heterocycles. The van der Waals surface area contributed by atoms with E-state index in [0.717, 1.165) is 11.8 Å². The molecule has 21 heavy (non-hydrogen) atoms. The minimum absolute atomic E-state index is 0. The van der Waals surface area contributed by atoms with Crippen LogP contribution < -0.4 is 5.32 Å². The molecular weight excluding hydrogens is 284 g/mol. The Bertz CT molecular complexity index is 231. The molecular formula is C17H37ClN2O. The van der Waals surface area contributed by atoms with Gasteiger partial charge in [-0.3, -0.25) is 0 Å². The summed E-state index contributed by atoms with van der Waals surface area (Å²) in [6, 6.07) is 0. The Morgan fingerprint density at radius 3 is 2.33 bits per heavy atom. The quantitative estimate of drug-likeness (QED) is 0.607. The molecule has 1 rings (SSSR count). The normalized spacial score (nSPS) is 18.7. The largest absolute Gasteiger partial charge is 0.396 e. The van der Waals surface area contributed by atoms with Crippen LogP contribution in [0.5, 0.6) is 0 Å². The number of likely N-dealkylation sites (tertiary alicyclic amines) is 1. The first-order chi connectivity index (χ1) is 9.63. The highest BCUT2D eigenvalue weighted by atomic mass is 35.5. The molecule has 4 heteroatoms. The Balaban J connectivity index is 0.00000400. The number of nitrogens with zero attached hydrogens (tertiary/aromatic N) is 1. The van der Waals surface area contributed by atoms with Crippen LogP contribution in [0.2, 0.25) is 0 Å². The van der Waals surface area contributed by atoms with Crippen LogP contribution in [0.25, 0.3) is 0 Å². The molecule has 0 aromatic rings. The summed E-state index contributed by atoms with van der Waals surface area (Å²) < 4.78 is 0. The van der Waals surface area contributed by atoms with Crippen LogP contribution in [-0.2, 0) is 0 Å². The summed E-state index contributed by atoms with van der Waals surface area (Å²) in [6.07, 6.45) is 6.44. The van der Waals surface area contributed by atoms with Gasteiger partial charge in [-0.1, -0.05) is 20.8 Å². The Morgan fingerprint density at radius 1 is 1.10 bits per heavy atom. The summed E-state index contributed by atoms with van der Waals surface area (Å²) in [5.74, 6) is 2.04. The Hall–Kier alpha value is 0.170. The van der Waals surface area contributed by atoms with E-state index in [0.29, 0.717) is 12.5 Å². The Morgan fingerprint density at radius 2 is 1.76 bits per heavy atom. The lowest BCUT2D eigenvalue weighted by Gasteiger charge is -2.34. The van der Waals surface area contributed by atoms with Crippen LogP contribution in [0.1, 0.15) is 52.9 Å². The Kier molecular flexibility index (Phi) is 12.8. The van der Waals surface area contributed by atoms with Gasteiger partial charge < -0.3 is 15.3 Å². The molecule has 0 bridgehead atoms. The zero-order chi connectivity index (χ0) is 14.8. The number of hydrogen-bond acceptors (Lipinski definition) is 3. The number of aliphatic hydroxyl groups excluding tert-OH is 1. The SMILES string of the molecule is CC(C)CCNCCCCN1CCC(C(C)CO)CC1.Cl. The molecule has 3 nitrogen and oxygen atoms in total. The van der Waals surface area contributed by atoms with Crippen molar-refractivity contribution in [2.75, 3.05) is 39.3 Å². The number of unbranched alkanes of at least 4 members (excludes halogenated alkanes) is 1. The standard InChI is InChI=1S/C17H36N2O.ClH/c1-15(2)6-10-18-9-4-5-11-19-12-7-17(8-13-19)16(3)14-20;/h15-18,20H,4-14H2,1-3H3;1H. The van der Waals surface area contributed by atoms with Crippen molar-refractivity contribution < 1.29 is 5.11 Å². The summed E-state index contributed by atoms with van der Waals surface area (Å²) in [5, 5.41) is 12.7. The number of nitrogens with one attached hydrogen (secondary N) is 1. The van der Waals surface area contributed by atoms with Gasteiger partial charge in [0.2, 0.25) is 0 Å². The van der Waals surface area contributed by atoms with Crippen LogP contribution in [-0.4, -0.2) is 49.3 Å². The number of hydrogen-bond donors (Lipinski definition) is 2. The fourth-order valence-electron chi connectivity index (χ4n) is 3.00. The predicted molar refractivity (Wildman–Crippen MR) is 94.2 cm³/mol. The highest BCUT2D eigenvalue weighted by Crippen LogP contribution is 2.24. The second-order valence-corrected chi connectivity index (χ2v) is 6.98. The predicted octanol–water partition coefficient (Wildman–Crippen LogP) is 3.16. The van der Waals surface area contributed by atoms with Gasteiger partial charge >= 0.3 is 0 Å². The van der Waals surface area contributed by atoms with Crippen LogP contribution in [0.15, 0.2) is 0 Å². The van der Waals surface area contributed by atoms with Gasteiger partial charge in [-0.25, -0.2) is 0 Å². The number of rotatable bonds is 10. The minimum atomic E-state index is 0. The van der Waals surface area contributed by atoms with Crippen LogP contribution in [0.3, 0.4) is 0 Å². The molecule has 0 saturated carbocycles. The third-order valence-electron chi connectivity index (χ3n) is 4.70. The maximum atomic E-state index is 9.21. The van der Waals surface area contributed by atoms with Gasteiger partial charge in [0.05, 0.1) is 0 Å². The summed E-state index contributed by atoms with van der Waals surface area (Å²) in [5.41, 5.74) is 0. The summed E-state index contributed by atoms with van der Waals surface area (Å²) in [7, 11) is 0. The molecule has 0 aliphatic carbocycles. The molecule has 1 heterocycles. The van der Waals surface area contributed by atoms with Crippen molar-refractivity contribution in [2.24, 2.45) is 17.8 Å². The van der Waals surface area contributed by atoms with Crippen molar-refractivity contribution in [3.8, 4) is 0 Å². The maximum absolute atomic E-state index is 9.21. The van der Waals surface area contributed by atoms with Crippen LogP contribution in [0, 0.1) is 17.8 Å². The molecule has 1 aliphatic rings. The lowest BCUT2D eigenvalue weighted by atomic mass is 9.86. The van der Waals surface area contributed by atoms with Crippen molar-refractivity contribution in [3.63, 3.8) is 0 Å². The molecule has 1 fully saturated rings. The second-order valence-electron chi connectivity index (χ2n) is 6.98. The average molecular weight is 321 g/mol. The number of aliphatic hydroxyl groups is 1. The highest BCUT2D eigenvalue weighted by Gasteiger charge is 2.22. The molecule has 0 spiro atoms. The lowest BCUT2D eigenvalue weighted by Crippen LogP contribution is -2.37. The fourth-order valence-corrected chi connectivity index (χ4v) is 3.00. The summed E-state index contributed by atoms with van der Waals surface area (Å²) in [6.45, 7) is 13.2. The molecule has 1 aliphatic heterocycles. The summed E-state index contributed by atoms with van der Waals surface area (Å²) >= 11 is 0. The van der Waals surface area contributed by atoms with Gasteiger partial charge in [-0.15, -0.1) is 12.4 Å². The fraction of sp³-hybridized carbons (Fsp3) is 1.00. The monoisotopic (exact) mass is 320 g/mol. The van der Waals surface area contributed by atoms with Crippen molar-refractivity contribution in [3.05, 3.63) is 0 Å². The van der Waals surface area contributed by atoms with Gasteiger partial charge in [0, 0.05) is 6.61 Å². The van der Waals surface area contributed by atoms with Crippen molar-refractivity contribution in [1.29, 1.82) is 0 Å². The lowest BCUT2D eigenvalue weighted by molar-refractivity contribution is 0.115. The summed E-state index contributed by atoms with van der Waals surface area (Å²) in [4.78, 5) is 2.61. The molecule has 0 amide bonds. The van der Waals surface area contributed by atoms with E-state index in [2.05, 4.69) is 31.0 Å². The van der Waals surface area contributed by atoms with E-state index in [-0.39, 0.29) is 12.4 Å². The van der Waals surface area contributed by atoms with E-state index in [4.69, 9.17) is 0 Å².